The Morgan fingerprint density at radius 3 is 2.79 bits per heavy atom. The third kappa shape index (κ3) is 3.75. The Labute approximate surface area is 127 Å². The van der Waals surface area contributed by atoms with Crippen LogP contribution in [0.15, 0.2) is 39.4 Å². The topological polar surface area (TPSA) is 34.2 Å². The fourth-order valence-corrected chi connectivity index (χ4v) is 2.67. The van der Waals surface area contributed by atoms with Crippen LogP contribution >= 0.6 is 31.9 Å². The second-order valence-corrected chi connectivity index (χ2v) is 5.59. The van der Waals surface area contributed by atoms with E-state index < -0.39 is 0 Å². The molecule has 2 rings (SSSR count). The first-order valence-corrected chi connectivity index (χ1v) is 7.10. The van der Waals surface area contributed by atoms with Crippen LogP contribution < -0.4 is 10.1 Å². The van der Waals surface area contributed by atoms with Crippen LogP contribution in [0.2, 0.25) is 0 Å². The molecule has 0 aliphatic rings. The van der Waals surface area contributed by atoms with E-state index in [9.17, 15) is 4.39 Å². The van der Waals surface area contributed by atoms with Gasteiger partial charge in [0.2, 0.25) is 5.88 Å². The molecule has 0 saturated heterocycles. The van der Waals surface area contributed by atoms with E-state index in [2.05, 4.69) is 42.2 Å². The number of nitrogens with one attached hydrogen (secondary N) is 1. The van der Waals surface area contributed by atoms with Crippen molar-refractivity contribution in [1.82, 2.24) is 10.3 Å². The van der Waals surface area contributed by atoms with Crippen LogP contribution in [0.5, 0.6) is 11.6 Å². The number of benzene rings is 1. The molecule has 1 aromatic carbocycles. The van der Waals surface area contributed by atoms with Gasteiger partial charge in [0.15, 0.2) is 0 Å². The van der Waals surface area contributed by atoms with E-state index in [1.807, 2.05) is 18.2 Å². The van der Waals surface area contributed by atoms with Gasteiger partial charge < -0.3 is 10.1 Å². The highest BCUT2D eigenvalue weighted by Crippen LogP contribution is 2.32. The normalized spacial score (nSPS) is 10.5. The van der Waals surface area contributed by atoms with E-state index in [4.69, 9.17) is 4.74 Å². The van der Waals surface area contributed by atoms with E-state index >= 15 is 0 Å². The van der Waals surface area contributed by atoms with Gasteiger partial charge in [0.25, 0.3) is 0 Å². The summed E-state index contributed by atoms with van der Waals surface area (Å²) in [5.74, 6) is 0.630. The van der Waals surface area contributed by atoms with E-state index in [1.165, 1.54) is 6.07 Å². The molecular weight excluding hydrogens is 379 g/mol. The molecule has 0 aliphatic carbocycles. The van der Waals surface area contributed by atoms with Crippen molar-refractivity contribution in [2.45, 2.75) is 6.54 Å². The SMILES string of the molecule is CNCc1cc(F)cnc1Oc1ccc(Br)cc1Br. The van der Waals surface area contributed by atoms with Crippen molar-refractivity contribution < 1.29 is 9.13 Å². The highest BCUT2D eigenvalue weighted by atomic mass is 79.9. The van der Waals surface area contributed by atoms with E-state index in [1.54, 1.807) is 7.05 Å². The number of hydrogen-bond acceptors (Lipinski definition) is 3. The number of pyridine rings is 1. The van der Waals surface area contributed by atoms with Crippen LogP contribution in [0.3, 0.4) is 0 Å². The first-order valence-electron chi connectivity index (χ1n) is 5.52. The Kier molecular flexibility index (Phi) is 4.90. The molecule has 0 bridgehead atoms. The van der Waals surface area contributed by atoms with Gasteiger partial charge in [-0.2, -0.15) is 0 Å². The molecule has 0 saturated carbocycles. The molecule has 1 aromatic heterocycles. The van der Waals surface area contributed by atoms with Crippen molar-refractivity contribution in [1.29, 1.82) is 0 Å². The number of aromatic nitrogens is 1. The van der Waals surface area contributed by atoms with Gasteiger partial charge in [0.05, 0.1) is 10.7 Å². The zero-order valence-corrected chi connectivity index (χ0v) is 13.3. The third-order valence-electron chi connectivity index (χ3n) is 2.36. The summed E-state index contributed by atoms with van der Waals surface area (Å²) in [5.41, 5.74) is 0.664. The number of rotatable bonds is 4. The Balaban J connectivity index is 2.32. The van der Waals surface area contributed by atoms with Crippen molar-refractivity contribution in [2.75, 3.05) is 7.05 Å². The van der Waals surface area contributed by atoms with Gasteiger partial charge >= 0.3 is 0 Å². The minimum Gasteiger partial charge on any atom is -0.438 e. The predicted molar refractivity (Wildman–Crippen MR) is 78.9 cm³/mol. The van der Waals surface area contributed by atoms with Crippen LogP contribution in [0.25, 0.3) is 0 Å². The third-order valence-corrected chi connectivity index (χ3v) is 3.47. The molecule has 0 aliphatic heterocycles. The first-order chi connectivity index (χ1) is 9.10. The van der Waals surface area contributed by atoms with Gasteiger partial charge in [-0.1, -0.05) is 15.9 Å². The van der Waals surface area contributed by atoms with Crippen molar-refractivity contribution in [3.8, 4) is 11.6 Å². The maximum absolute atomic E-state index is 13.2. The molecular formula is C13H11Br2FN2O. The predicted octanol–water partition coefficient (Wildman–Crippen LogP) is 4.26. The zero-order chi connectivity index (χ0) is 13.8. The lowest BCUT2D eigenvalue weighted by atomic mass is 10.2. The molecule has 19 heavy (non-hydrogen) atoms. The monoisotopic (exact) mass is 388 g/mol. The van der Waals surface area contributed by atoms with Crippen LogP contribution in [0, 0.1) is 5.82 Å². The highest BCUT2D eigenvalue weighted by Gasteiger charge is 2.10. The van der Waals surface area contributed by atoms with Gasteiger partial charge in [0.1, 0.15) is 11.6 Å². The maximum Gasteiger partial charge on any atom is 0.223 e. The highest BCUT2D eigenvalue weighted by molar-refractivity contribution is 9.11. The van der Waals surface area contributed by atoms with Crippen molar-refractivity contribution in [3.63, 3.8) is 0 Å². The van der Waals surface area contributed by atoms with E-state index in [-0.39, 0.29) is 5.82 Å². The molecule has 0 unspecified atom stereocenters. The summed E-state index contributed by atoms with van der Waals surface area (Å²) in [6.07, 6.45) is 1.14. The zero-order valence-electron chi connectivity index (χ0n) is 10.1. The molecule has 0 radical (unpaired) electrons. The van der Waals surface area contributed by atoms with Gasteiger partial charge in [-0.25, -0.2) is 9.37 Å². The molecule has 3 nitrogen and oxygen atoms in total. The van der Waals surface area contributed by atoms with E-state index in [0.717, 1.165) is 15.1 Å². The average Bonchev–Trinajstić information content (AvgIpc) is 2.36. The molecule has 0 spiro atoms. The van der Waals surface area contributed by atoms with Crippen LogP contribution in [-0.2, 0) is 6.54 Å². The summed E-state index contributed by atoms with van der Waals surface area (Å²) in [6.45, 7) is 0.480. The molecule has 2 aromatic rings. The second kappa shape index (κ2) is 6.45. The molecule has 0 fully saturated rings. The summed E-state index contributed by atoms with van der Waals surface area (Å²) in [7, 11) is 1.78. The fraction of sp³-hybridized carbons (Fsp3) is 0.154. The van der Waals surface area contributed by atoms with E-state index in [0.29, 0.717) is 23.7 Å². The summed E-state index contributed by atoms with van der Waals surface area (Å²) in [5, 5.41) is 2.96. The number of hydrogen-bond donors (Lipinski definition) is 1. The Morgan fingerprint density at radius 2 is 2.11 bits per heavy atom. The van der Waals surface area contributed by atoms with Gasteiger partial charge in [-0.3, -0.25) is 0 Å². The molecule has 0 atom stereocenters. The molecule has 1 heterocycles. The Morgan fingerprint density at radius 1 is 1.32 bits per heavy atom. The molecule has 100 valence electrons. The Bertz CT molecular complexity index is 593. The fourth-order valence-electron chi connectivity index (χ4n) is 1.54. The lowest BCUT2D eigenvalue weighted by Crippen LogP contribution is -2.07. The van der Waals surface area contributed by atoms with Gasteiger partial charge in [-0.15, -0.1) is 0 Å². The summed E-state index contributed by atoms with van der Waals surface area (Å²) in [6, 6.07) is 6.95. The van der Waals surface area contributed by atoms with Crippen LogP contribution in [0.1, 0.15) is 5.56 Å². The standard InChI is InChI=1S/C13H11Br2FN2O/c1-17-6-8-4-10(16)7-18-13(8)19-12-3-2-9(14)5-11(12)15/h2-5,7,17H,6H2,1H3. The summed E-state index contributed by atoms with van der Waals surface area (Å²) < 4.78 is 20.6. The molecule has 1 N–H and O–H groups in total. The smallest absolute Gasteiger partial charge is 0.223 e. The van der Waals surface area contributed by atoms with Crippen molar-refractivity contribution in [3.05, 3.63) is 50.8 Å². The Hall–Kier alpha value is -0.980. The quantitative estimate of drug-likeness (QED) is 0.848. The average molecular weight is 390 g/mol. The minimum absolute atomic E-state index is 0.382. The number of ether oxygens (including phenoxy) is 1. The minimum atomic E-state index is -0.382. The number of nitrogens with zero attached hydrogens (tertiary/aromatic N) is 1. The van der Waals surface area contributed by atoms with Crippen molar-refractivity contribution >= 4 is 31.9 Å². The maximum atomic E-state index is 13.2. The van der Waals surface area contributed by atoms with Gasteiger partial charge in [-0.05, 0) is 47.2 Å². The summed E-state index contributed by atoms with van der Waals surface area (Å²) >= 11 is 6.78. The lowest BCUT2D eigenvalue weighted by Gasteiger charge is -2.11. The van der Waals surface area contributed by atoms with Crippen LogP contribution in [-0.4, -0.2) is 12.0 Å². The number of halogens is 3. The molecule has 6 heteroatoms. The largest absolute Gasteiger partial charge is 0.438 e. The lowest BCUT2D eigenvalue weighted by molar-refractivity contribution is 0.447. The summed E-state index contributed by atoms with van der Waals surface area (Å²) in [4.78, 5) is 3.99. The first kappa shape index (κ1) is 14.4. The second-order valence-electron chi connectivity index (χ2n) is 3.82. The van der Waals surface area contributed by atoms with Crippen molar-refractivity contribution in [2.24, 2.45) is 0 Å². The van der Waals surface area contributed by atoms with Gasteiger partial charge in [0, 0.05) is 16.6 Å². The van der Waals surface area contributed by atoms with Crippen LogP contribution in [0.4, 0.5) is 4.39 Å². The molecule has 0 amide bonds.